The van der Waals surface area contributed by atoms with Crippen LogP contribution in [0.3, 0.4) is 0 Å². The topological polar surface area (TPSA) is 34.1 Å². The number of hydrogen-bond acceptors (Lipinski definition) is 2. The van der Waals surface area contributed by atoms with Crippen LogP contribution < -0.4 is 0 Å². The Morgan fingerprint density at radius 2 is 1.81 bits per heavy atom. The van der Waals surface area contributed by atoms with Crippen LogP contribution in [0, 0.1) is 0 Å². The molecule has 16 heavy (non-hydrogen) atoms. The van der Waals surface area contributed by atoms with Crippen molar-refractivity contribution in [2.45, 2.75) is 13.3 Å². The van der Waals surface area contributed by atoms with Crippen molar-refractivity contribution in [3.05, 3.63) is 45.0 Å². The molecule has 0 fully saturated rings. The van der Waals surface area contributed by atoms with E-state index in [0.717, 1.165) is 0 Å². The molecule has 0 unspecified atom stereocenters. The first kappa shape index (κ1) is 11.4. The molecule has 0 atom stereocenters. The third kappa shape index (κ3) is 1.49. The molecule has 0 aliphatic heterocycles. The van der Waals surface area contributed by atoms with Gasteiger partial charge in [-0.15, -0.1) is 0 Å². The maximum atomic E-state index is 12.0. The number of hydrogen-bond donors (Lipinski definition) is 0. The van der Waals surface area contributed by atoms with Gasteiger partial charge in [-0.05, 0) is 12.5 Å². The van der Waals surface area contributed by atoms with Gasteiger partial charge in [0.2, 0.25) is 5.78 Å². The fourth-order valence-corrected chi connectivity index (χ4v) is 2.34. The van der Waals surface area contributed by atoms with Gasteiger partial charge in [-0.1, -0.05) is 42.3 Å². The summed E-state index contributed by atoms with van der Waals surface area (Å²) in [5.74, 6) is -0.566. The van der Waals surface area contributed by atoms with Crippen molar-refractivity contribution in [3.8, 4) is 0 Å². The molecule has 0 spiro atoms. The number of ketones is 2. The van der Waals surface area contributed by atoms with E-state index in [2.05, 4.69) is 0 Å². The summed E-state index contributed by atoms with van der Waals surface area (Å²) < 4.78 is 0. The largest absolute Gasteiger partial charge is 0.289 e. The van der Waals surface area contributed by atoms with Crippen LogP contribution in [-0.4, -0.2) is 11.6 Å². The molecule has 0 saturated heterocycles. The molecule has 0 bridgehead atoms. The van der Waals surface area contributed by atoms with Gasteiger partial charge in [0.15, 0.2) is 5.78 Å². The van der Waals surface area contributed by atoms with Crippen LogP contribution in [0.2, 0.25) is 5.02 Å². The monoisotopic (exact) mass is 254 g/mol. The number of allylic oxidation sites excluding steroid dienone is 2. The van der Waals surface area contributed by atoms with Gasteiger partial charge in [-0.2, -0.15) is 0 Å². The van der Waals surface area contributed by atoms with E-state index >= 15 is 0 Å². The summed E-state index contributed by atoms with van der Waals surface area (Å²) in [7, 11) is 0. The van der Waals surface area contributed by atoms with Crippen LogP contribution in [0.5, 0.6) is 0 Å². The van der Waals surface area contributed by atoms with Crippen LogP contribution in [0.25, 0.3) is 0 Å². The second-order valence-electron chi connectivity index (χ2n) is 3.47. The van der Waals surface area contributed by atoms with Crippen molar-refractivity contribution in [3.63, 3.8) is 0 Å². The molecule has 0 aromatic heterocycles. The first-order valence-electron chi connectivity index (χ1n) is 4.84. The molecule has 0 radical (unpaired) electrons. The van der Waals surface area contributed by atoms with Crippen molar-refractivity contribution in [2.24, 2.45) is 0 Å². The minimum absolute atomic E-state index is 0.00639. The van der Waals surface area contributed by atoms with Gasteiger partial charge in [-0.25, -0.2) is 0 Å². The summed E-state index contributed by atoms with van der Waals surface area (Å²) in [6, 6.07) is 4.83. The molecular formula is C12H8Cl2O2. The van der Waals surface area contributed by atoms with Crippen molar-refractivity contribution >= 4 is 34.8 Å². The molecule has 0 heterocycles. The maximum absolute atomic E-state index is 12.0. The Balaban J connectivity index is 2.74. The second kappa shape index (κ2) is 4.04. The second-order valence-corrected chi connectivity index (χ2v) is 4.25. The predicted molar refractivity (Wildman–Crippen MR) is 63.3 cm³/mol. The van der Waals surface area contributed by atoms with Gasteiger partial charge in [0.05, 0.1) is 15.6 Å². The number of benzene rings is 1. The van der Waals surface area contributed by atoms with E-state index in [1.54, 1.807) is 25.1 Å². The smallest absolute Gasteiger partial charge is 0.207 e. The minimum Gasteiger partial charge on any atom is -0.289 e. The first-order chi connectivity index (χ1) is 7.57. The molecule has 2 nitrogen and oxygen atoms in total. The lowest BCUT2D eigenvalue weighted by molar-refractivity contribution is 0.0978. The van der Waals surface area contributed by atoms with E-state index < -0.39 is 0 Å². The van der Waals surface area contributed by atoms with E-state index in [-0.39, 0.29) is 27.2 Å². The SMILES string of the molecule is CCC1=C(Cl)C(=O)c2c(Cl)cccc2C1=O. The number of carbonyl (C=O) groups excluding carboxylic acids is 2. The Morgan fingerprint density at radius 1 is 1.12 bits per heavy atom. The maximum Gasteiger partial charge on any atom is 0.207 e. The van der Waals surface area contributed by atoms with Gasteiger partial charge in [0, 0.05) is 11.1 Å². The Hall–Kier alpha value is -1.12. The normalized spacial score (nSPS) is 15.4. The fourth-order valence-electron chi connectivity index (χ4n) is 1.77. The molecule has 0 N–H and O–H groups in total. The van der Waals surface area contributed by atoms with Gasteiger partial charge in [0.25, 0.3) is 0 Å². The summed E-state index contributed by atoms with van der Waals surface area (Å²) in [5.41, 5.74) is 0.927. The minimum atomic E-state index is -0.362. The quantitative estimate of drug-likeness (QED) is 0.767. The van der Waals surface area contributed by atoms with Crippen LogP contribution in [0.15, 0.2) is 28.8 Å². The van der Waals surface area contributed by atoms with E-state index in [4.69, 9.17) is 23.2 Å². The zero-order valence-electron chi connectivity index (χ0n) is 8.51. The first-order valence-corrected chi connectivity index (χ1v) is 5.60. The molecule has 4 heteroatoms. The lowest BCUT2D eigenvalue weighted by atomic mass is 9.88. The molecule has 0 amide bonds. The molecule has 0 saturated carbocycles. The highest BCUT2D eigenvalue weighted by atomic mass is 35.5. The van der Waals surface area contributed by atoms with Crippen molar-refractivity contribution in [1.29, 1.82) is 0 Å². The standard InChI is InChI=1S/C12H8Cl2O2/c1-2-6-10(14)12(16)9-7(11(6)15)4-3-5-8(9)13/h3-5H,2H2,1H3. The third-order valence-electron chi connectivity index (χ3n) is 2.58. The summed E-state index contributed by atoms with van der Waals surface area (Å²) in [6.07, 6.45) is 0.440. The fraction of sp³-hybridized carbons (Fsp3) is 0.167. The highest BCUT2D eigenvalue weighted by Crippen LogP contribution is 2.33. The van der Waals surface area contributed by atoms with E-state index in [1.165, 1.54) is 0 Å². The van der Waals surface area contributed by atoms with Crippen molar-refractivity contribution in [1.82, 2.24) is 0 Å². The number of halogens is 2. The summed E-state index contributed by atoms with van der Waals surface area (Å²) >= 11 is 11.8. The Bertz CT molecular complexity index is 530. The van der Waals surface area contributed by atoms with E-state index in [1.807, 2.05) is 0 Å². The number of fused-ring (bicyclic) bond motifs is 1. The summed E-state index contributed by atoms with van der Waals surface area (Å²) in [4.78, 5) is 23.9. The van der Waals surface area contributed by atoms with Gasteiger partial charge >= 0.3 is 0 Å². The third-order valence-corrected chi connectivity index (χ3v) is 3.29. The zero-order chi connectivity index (χ0) is 11.9. The Labute approximate surface area is 103 Å². The molecule has 1 aromatic carbocycles. The molecule has 1 aromatic rings. The number of carbonyl (C=O) groups is 2. The highest BCUT2D eigenvalue weighted by molar-refractivity contribution is 6.51. The lowest BCUT2D eigenvalue weighted by Gasteiger charge is -2.17. The van der Waals surface area contributed by atoms with Crippen LogP contribution in [0.1, 0.15) is 34.1 Å². The zero-order valence-corrected chi connectivity index (χ0v) is 10.0. The average Bonchev–Trinajstić information content (AvgIpc) is 2.27. The molecule has 1 aliphatic rings. The Morgan fingerprint density at radius 3 is 2.44 bits per heavy atom. The highest BCUT2D eigenvalue weighted by Gasteiger charge is 2.31. The summed E-state index contributed by atoms with van der Waals surface area (Å²) in [6.45, 7) is 1.79. The molecular weight excluding hydrogens is 247 g/mol. The van der Waals surface area contributed by atoms with Gasteiger partial charge < -0.3 is 0 Å². The van der Waals surface area contributed by atoms with Gasteiger partial charge in [0.1, 0.15) is 0 Å². The van der Waals surface area contributed by atoms with E-state index in [0.29, 0.717) is 17.6 Å². The lowest BCUT2D eigenvalue weighted by Crippen LogP contribution is -2.20. The van der Waals surface area contributed by atoms with Crippen molar-refractivity contribution in [2.75, 3.05) is 0 Å². The number of rotatable bonds is 1. The van der Waals surface area contributed by atoms with Gasteiger partial charge in [-0.3, -0.25) is 9.59 Å². The molecule has 1 aliphatic carbocycles. The molecule has 2 rings (SSSR count). The van der Waals surface area contributed by atoms with Crippen LogP contribution in [0.4, 0.5) is 0 Å². The summed E-state index contributed by atoms with van der Waals surface area (Å²) in [5, 5.41) is 0.261. The van der Waals surface area contributed by atoms with Crippen LogP contribution >= 0.6 is 23.2 Å². The molecule has 82 valence electrons. The van der Waals surface area contributed by atoms with Crippen LogP contribution in [-0.2, 0) is 0 Å². The average molecular weight is 255 g/mol. The van der Waals surface area contributed by atoms with Crippen molar-refractivity contribution < 1.29 is 9.59 Å². The number of Topliss-reactive ketones (excluding diaryl/α,β-unsaturated/α-hetero) is 2. The van der Waals surface area contributed by atoms with E-state index in [9.17, 15) is 9.59 Å². The Kier molecular flexibility index (Phi) is 2.87. The predicted octanol–water partition coefficient (Wildman–Crippen LogP) is 3.62.